The van der Waals surface area contributed by atoms with Crippen molar-refractivity contribution >= 4 is 35.1 Å². The van der Waals surface area contributed by atoms with Gasteiger partial charge in [0.05, 0.1) is 44.2 Å². The van der Waals surface area contributed by atoms with Gasteiger partial charge in [0.2, 0.25) is 5.90 Å². The number of halogens is 3. The van der Waals surface area contributed by atoms with Gasteiger partial charge in [-0.2, -0.15) is 0 Å². The van der Waals surface area contributed by atoms with E-state index in [0.29, 0.717) is 5.84 Å². The smallest absolute Gasteiger partial charge is 0.324 e. The molecule has 0 aliphatic carbocycles. The van der Waals surface area contributed by atoms with Gasteiger partial charge in [-0.05, 0) is 12.1 Å². The van der Waals surface area contributed by atoms with Gasteiger partial charge in [0.15, 0.2) is 29.3 Å². The standard InChI is InChI=1S/C23H23ClF2N4O6/c1-33-15-5-4-13(25)19(26)11(15)10-36-17-9-14(12(24)8-16(17)34-2)30-21-20(29-23(30)32)22(35-3)28-18(27-21)6-7-31/h4-5,8-9,20-21,31H,6-7,10H2,1-3H3,(H,29,32). The molecule has 0 spiro atoms. The molecule has 1 saturated heterocycles. The van der Waals surface area contributed by atoms with Crippen LogP contribution in [0.1, 0.15) is 12.0 Å². The van der Waals surface area contributed by atoms with Crippen LogP contribution in [0.5, 0.6) is 17.2 Å². The van der Waals surface area contributed by atoms with Crippen LogP contribution in [0.25, 0.3) is 0 Å². The number of carbonyl (C=O) groups excluding carboxylic acids is 1. The second kappa shape index (κ2) is 10.5. The number of fused-ring (bicyclic) bond motifs is 1. The third-order valence-electron chi connectivity index (χ3n) is 5.63. The number of urea groups is 1. The molecule has 2 atom stereocenters. The summed E-state index contributed by atoms with van der Waals surface area (Å²) >= 11 is 6.50. The van der Waals surface area contributed by atoms with E-state index in [-0.39, 0.29) is 52.4 Å². The fraction of sp³-hybridized carbons (Fsp3) is 0.348. The number of aliphatic imine (C=N–C) groups is 2. The highest BCUT2D eigenvalue weighted by Gasteiger charge is 2.46. The first-order chi connectivity index (χ1) is 17.3. The SMILES string of the molecule is COC1=NC(CCO)=NC2C1NC(=O)N2c1cc(OCc2c(OC)ccc(F)c2F)c(OC)cc1Cl. The first-order valence-electron chi connectivity index (χ1n) is 10.7. The summed E-state index contributed by atoms with van der Waals surface area (Å²) in [4.78, 5) is 23.0. The Kier molecular flexibility index (Phi) is 7.45. The average molecular weight is 525 g/mol. The maximum Gasteiger partial charge on any atom is 0.324 e. The summed E-state index contributed by atoms with van der Waals surface area (Å²) in [6.45, 7) is -0.596. The molecule has 2 unspecified atom stereocenters. The fourth-order valence-electron chi connectivity index (χ4n) is 3.92. The van der Waals surface area contributed by atoms with Crippen molar-refractivity contribution in [3.8, 4) is 17.2 Å². The molecule has 0 saturated carbocycles. The Morgan fingerprint density at radius 2 is 1.86 bits per heavy atom. The largest absolute Gasteiger partial charge is 0.496 e. The van der Waals surface area contributed by atoms with Crippen LogP contribution in [0.4, 0.5) is 19.3 Å². The van der Waals surface area contributed by atoms with E-state index in [1.165, 1.54) is 44.4 Å². The number of ether oxygens (including phenoxy) is 4. The van der Waals surface area contributed by atoms with Crippen LogP contribution in [0.2, 0.25) is 5.02 Å². The van der Waals surface area contributed by atoms with Crippen molar-refractivity contribution in [2.75, 3.05) is 32.8 Å². The maximum atomic E-state index is 14.4. The van der Waals surface area contributed by atoms with E-state index in [0.717, 1.165) is 6.07 Å². The molecule has 13 heteroatoms. The van der Waals surface area contributed by atoms with Crippen LogP contribution in [-0.2, 0) is 11.3 Å². The molecule has 2 aromatic carbocycles. The van der Waals surface area contributed by atoms with Gasteiger partial charge in [0, 0.05) is 18.6 Å². The van der Waals surface area contributed by atoms with Crippen molar-refractivity contribution < 1.29 is 37.6 Å². The van der Waals surface area contributed by atoms with Gasteiger partial charge in [-0.1, -0.05) is 11.6 Å². The number of carbonyl (C=O) groups is 1. The van der Waals surface area contributed by atoms with E-state index in [1.807, 2.05) is 0 Å². The van der Waals surface area contributed by atoms with E-state index in [4.69, 9.17) is 30.5 Å². The van der Waals surface area contributed by atoms with Crippen molar-refractivity contribution in [2.45, 2.75) is 25.2 Å². The second-order valence-corrected chi connectivity index (χ2v) is 8.08. The number of aliphatic hydroxyl groups excluding tert-OH is 1. The number of amides is 2. The Morgan fingerprint density at radius 1 is 1.11 bits per heavy atom. The number of hydrogen-bond acceptors (Lipinski definition) is 8. The number of benzene rings is 2. The molecule has 36 heavy (non-hydrogen) atoms. The van der Waals surface area contributed by atoms with Gasteiger partial charge < -0.3 is 29.4 Å². The molecule has 4 rings (SSSR count). The summed E-state index contributed by atoms with van der Waals surface area (Å²) in [6, 6.07) is 3.88. The normalized spacial score (nSPS) is 18.8. The van der Waals surface area contributed by atoms with Crippen LogP contribution in [0.15, 0.2) is 34.3 Å². The Balaban J connectivity index is 1.71. The molecule has 0 aromatic heterocycles. The van der Waals surface area contributed by atoms with Crippen LogP contribution >= 0.6 is 11.6 Å². The molecule has 2 amide bonds. The third kappa shape index (κ3) is 4.61. The lowest BCUT2D eigenvalue weighted by molar-refractivity contribution is 0.251. The van der Waals surface area contributed by atoms with Crippen LogP contribution < -0.4 is 24.4 Å². The lowest BCUT2D eigenvalue weighted by Gasteiger charge is -2.27. The highest BCUT2D eigenvalue weighted by molar-refractivity contribution is 6.34. The van der Waals surface area contributed by atoms with Gasteiger partial charge in [0.25, 0.3) is 0 Å². The van der Waals surface area contributed by atoms with Crippen LogP contribution in [0.3, 0.4) is 0 Å². The van der Waals surface area contributed by atoms with Crippen LogP contribution in [0, 0.1) is 11.6 Å². The quantitative estimate of drug-likeness (QED) is 0.548. The lowest BCUT2D eigenvalue weighted by Crippen LogP contribution is -2.45. The van der Waals surface area contributed by atoms with Crippen molar-refractivity contribution in [1.82, 2.24) is 5.32 Å². The van der Waals surface area contributed by atoms with E-state index in [9.17, 15) is 18.7 Å². The molecule has 2 aromatic rings. The lowest BCUT2D eigenvalue weighted by atomic mass is 10.1. The molecule has 0 bridgehead atoms. The number of anilines is 1. The van der Waals surface area contributed by atoms with Crippen molar-refractivity contribution in [2.24, 2.45) is 9.98 Å². The molecule has 192 valence electrons. The average Bonchev–Trinajstić information content (AvgIpc) is 3.20. The first-order valence-corrected chi connectivity index (χ1v) is 11.1. The number of rotatable bonds is 8. The van der Waals surface area contributed by atoms with E-state index in [1.54, 1.807) is 0 Å². The van der Waals surface area contributed by atoms with Gasteiger partial charge in [0.1, 0.15) is 24.2 Å². The van der Waals surface area contributed by atoms with Crippen molar-refractivity contribution in [3.63, 3.8) is 0 Å². The zero-order chi connectivity index (χ0) is 26.0. The molecule has 1 fully saturated rings. The molecule has 2 heterocycles. The summed E-state index contributed by atoms with van der Waals surface area (Å²) in [6.07, 6.45) is -0.657. The van der Waals surface area contributed by atoms with Gasteiger partial charge >= 0.3 is 6.03 Å². The second-order valence-electron chi connectivity index (χ2n) is 7.67. The zero-order valence-electron chi connectivity index (χ0n) is 19.5. The number of nitrogens with one attached hydrogen (secondary N) is 1. The van der Waals surface area contributed by atoms with Crippen LogP contribution in [-0.4, -0.2) is 63.0 Å². The van der Waals surface area contributed by atoms with Crippen molar-refractivity contribution in [1.29, 1.82) is 0 Å². The van der Waals surface area contributed by atoms with Gasteiger partial charge in [-0.15, -0.1) is 0 Å². The molecular formula is C23H23ClF2N4O6. The highest BCUT2D eigenvalue weighted by atomic mass is 35.5. The molecule has 2 aliphatic rings. The first kappa shape index (κ1) is 25.5. The summed E-state index contributed by atoms with van der Waals surface area (Å²) < 4.78 is 49.8. The van der Waals surface area contributed by atoms with E-state index in [2.05, 4.69) is 15.3 Å². The Bertz CT molecular complexity index is 1240. The number of amidine groups is 1. The summed E-state index contributed by atoms with van der Waals surface area (Å²) in [5.74, 6) is -1.23. The third-order valence-corrected chi connectivity index (χ3v) is 5.93. The number of aliphatic hydroxyl groups is 1. The topological polar surface area (TPSA) is 114 Å². The van der Waals surface area contributed by atoms with Crippen molar-refractivity contribution in [3.05, 3.63) is 46.5 Å². The fourth-order valence-corrected chi connectivity index (χ4v) is 4.17. The molecule has 2 N–H and O–H groups in total. The van der Waals surface area contributed by atoms with E-state index >= 15 is 0 Å². The van der Waals surface area contributed by atoms with Gasteiger partial charge in [-0.3, -0.25) is 4.90 Å². The summed E-state index contributed by atoms with van der Waals surface area (Å²) in [7, 11) is 4.12. The maximum absolute atomic E-state index is 14.4. The monoisotopic (exact) mass is 524 g/mol. The number of hydrogen-bond donors (Lipinski definition) is 2. The predicted octanol–water partition coefficient (Wildman–Crippen LogP) is 3.28. The summed E-state index contributed by atoms with van der Waals surface area (Å²) in [5.41, 5.74) is 0.0788. The number of nitrogens with zero attached hydrogens (tertiary/aromatic N) is 3. The number of methoxy groups -OCH3 is 3. The Morgan fingerprint density at radius 3 is 2.53 bits per heavy atom. The zero-order valence-corrected chi connectivity index (χ0v) is 20.3. The predicted molar refractivity (Wildman–Crippen MR) is 127 cm³/mol. The highest BCUT2D eigenvalue weighted by Crippen LogP contribution is 2.41. The summed E-state index contributed by atoms with van der Waals surface area (Å²) in [5, 5.41) is 12.2. The minimum absolute atomic E-state index is 0.100. The molecular weight excluding hydrogens is 502 g/mol. The molecule has 10 nitrogen and oxygen atoms in total. The van der Waals surface area contributed by atoms with Gasteiger partial charge in [-0.25, -0.2) is 23.6 Å². The minimum atomic E-state index is -1.11. The minimum Gasteiger partial charge on any atom is -0.496 e. The Labute approximate surface area is 210 Å². The Hall–Kier alpha value is -3.64. The van der Waals surface area contributed by atoms with E-state index < -0.39 is 36.5 Å². The molecule has 2 aliphatic heterocycles. The molecule has 0 radical (unpaired) electrons.